The van der Waals surface area contributed by atoms with Gasteiger partial charge in [0.1, 0.15) is 5.75 Å². The topological polar surface area (TPSA) is 26.3 Å². The van der Waals surface area contributed by atoms with Crippen LogP contribution in [0.2, 0.25) is 0 Å². The van der Waals surface area contributed by atoms with Crippen LogP contribution in [-0.4, -0.2) is 11.9 Å². The number of fused-ring (bicyclic) bond motifs is 2. The van der Waals surface area contributed by atoms with Crippen LogP contribution >= 0.6 is 0 Å². The molecular formula is C17H22O2. The summed E-state index contributed by atoms with van der Waals surface area (Å²) in [5, 5.41) is 0. The zero-order valence-electron chi connectivity index (χ0n) is 11.8. The van der Waals surface area contributed by atoms with Gasteiger partial charge in [-0.3, -0.25) is 4.79 Å². The van der Waals surface area contributed by atoms with Crippen LogP contribution in [0.3, 0.4) is 0 Å². The number of carbonyl (C=O) groups excluding carboxylic acids is 1. The van der Waals surface area contributed by atoms with Gasteiger partial charge < -0.3 is 4.74 Å². The molecule has 2 heteroatoms. The Morgan fingerprint density at radius 3 is 2.63 bits per heavy atom. The quantitative estimate of drug-likeness (QED) is 0.760. The van der Waals surface area contributed by atoms with Crippen molar-refractivity contribution in [2.45, 2.75) is 45.6 Å². The summed E-state index contributed by atoms with van der Waals surface area (Å²) in [4.78, 5) is 12.8. The van der Waals surface area contributed by atoms with E-state index in [0.717, 1.165) is 23.7 Å². The molecule has 0 N–H and O–H groups in total. The van der Waals surface area contributed by atoms with E-state index in [1.54, 1.807) is 0 Å². The lowest BCUT2D eigenvalue weighted by atomic mass is 9.83. The van der Waals surface area contributed by atoms with Gasteiger partial charge in [-0.15, -0.1) is 0 Å². The van der Waals surface area contributed by atoms with E-state index in [-0.39, 0.29) is 12.0 Å². The lowest BCUT2D eigenvalue weighted by Gasteiger charge is -2.22. The van der Waals surface area contributed by atoms with Crippen LogP contribution in [0.5, 0.6) is 5.75 Å². The van der Waals surface area contributed by atoms with Crippen molar-refractivity contribution in [2.24, 2.45) is 17.8 Å². The average molecular weight is 258 g/mol. The second-order valence-electron chi connectivity index (χ2n) is 6.31. The molecule has 0 radical (unpaired) electrons. The summed E-state index contributed by atoms with van der Waals surface area (Å²) in [7, 11) is 0. The fourth-order valence-electron chi connectivity index (χ4n) is 3.79. The molecule has 2 nitrogen and oxygen atoms in total. The molecule has 2 aliphatic rings. The largest absolute Gasteiger partial charge is 0.490 e. The van der Waals surface area contributed by atoms with Gasteiger partial charge in [0.25, 0.3) is 0 Å². The van der Waals surface area contributed by atoms with Gasteiger partial charge >= 0.3 is 0 Å². The molecule has 2 fully saturated rings. The van der Waals surface area contributed by atoms with E-state index in [1.165, 1.54) is 19.3 Å². The highest BCUT2D eigenvalue weighted by Crippen LogP contribution is 2.49. The van der Waals surface area contributed by atoms with Crippen molar-refractivity contribution in [3.63, 3.8) is 0 Å². The van der Waals surface area contributed by atoms with E-state index < -0.39 is 0 Å². The third-order valence-corrected chi connectivity index (χ3v) is 4.59. The predicted molar refractivity (Wildman–Crippen MR) is 75.5 cm³/mol. The van der Waals surface area contributed by atoms with E-state index in [2.05, 4.69) is 0 Å². The molecule has 0 heterocycles. The Bertz CT molecular complexity index is 478. The fourth-order valence-corrected chi connectivity index (χ4v) is 3.79. The van der Waals surface area contributed by atoms with E-state index in [9.17, 15) is 4.79 Å². The summed E-state index contributed by atoms with van der Waals surface area (Å²) in [6.07, 6.45) is 5.05. The monoisotopic (exact) mass is 258 g/mol. The minimum atomic E-state index is 0.106. The maximum absolute atomic E-state index is 12.8. The highest BCUT2D eigenvalue weighted by Gasteiger charge is 2.43. The highest BCUT2D eigenvalue weighted by molar-refractivity contribution is 6.00. The van der Waals surface area contributed by atoms with Crippen molar-refractivity contribution >= 4 is 5.78 Å². The molecule has 1 aromatic rings. The van der Waals surface area contributed by atoms with Gasteiger partial charge in [-0.05, 0) is 57.1 Å². The van der Waals surface area contributed by atoms with Crippen molar-refractivity contribution < 1.29 is 9.53 Å². The van der Waals surface area contributed by atoms with Gasteiger partial charge in [-0.1, -0.05) is 18.6 Å². The maximum atomic E-state index is 12.8. The van der Waals surface area contributed by atoms with Crippen LogP contribution < -0.4 is 4.74 Å². The Morgan fingerprint density at radius 2 is 2.00 bits per heavy atom. The van der Waals surface area contributed by atoms with Gasteiger partial charge in [0.15, 0.2) is 5.78 Å². The smallest absolute Gasteiger partial charge is 0.169 e. The molecule has 3 atom stereocenters. The lowest BCUT2D eigenvalue weighted by Crippen LogP contribution is -2.22. The zero-order valence-corrected chi connectivity index (χ0v) is 11.8. The Morgan fingerprint density at radius 1 is 1.21 bits per heavy atom. The first kappa shape index (κ1) is 12.7. The normalized spacial score (nSPS) is 28.9. The van der Waals surface area contributed by atoms with Crippen molar-refractivity contribution in [1.82, 2.24) is 0 Å². The average Bonchev–Trinajstić information content (AvgIpc) is 3.00. The molecule has 19 heavy (non-hydrogen) atoms. The molecule has 0 aromatic heterocycles. The first-order chi connectivity index (χ1) is 9.15. The molecule has 0 aliphatic heterocycles. The minimum Gasteiger partial charge on any atom is -0.490 e. The standard InChI is InChI=1S/C17H22O2/c1-11(2)19-16-6-4-3-5-14(16)17(18)15-10-12-7-8-13(15)9-12/h3-6,11-13,15H,7-10H2,1-2H3. The van der Waals surface area contributed by atoms with Gasteiger partial charge in [0, 0.05) is 5.92 Å². The fraction of sp³-hybridized carbons (Fsp3) is 0.588. The second-order valence-corrected chi connectivity index (χ2v) is 6.31. The Balaban J connectivity index is 1.83. The van der Waals surface area contributed by atoms with E-state index in [4.69, 9.17) is 4.74 Å². The number of ether oxygens (including phenoxy) is 1. The first-order valence-electron chi connectivity index (χ1n) is 7.45. The molecule has 1 aromatic carbocycles. The molecule has 2 bridgehead atoms. The molecule has 0 amide bonds. The van der Waals surface area contributed by atoms with Gasteiger partial charge in [0.2, 0.25) is 0 Å². The molecule has 0 saturated heterocycles. The Hall–Kier alpha value is -1.31. The third kappa shape index (κ3) is 2.41. The molecular weight excluding hydrogens is 236 g/mol. The van der Waals surface area contributed by atoms with Crippen molar-refractivity contribution in [1.29, 1.82) is 0 Å². The summed E-state index contributed by atoms with van der Waals surface area (Å²) in [6, 6.07) is 7.72. The summed E-state index contributed by atoms with van der Waals surface area (Å²) in [5.41, 5.74) is 0.786. The summed E-state index contributed by atoms with van der Waals surface area (Å²) in [6.45, 7) is 4.00. The van der Waals surface area contributed by atoms with Crippen LogP contribution in [0.4, 0.5) is 0 Å². The number of ketones is 1. The van der Waals surface area contributed by atoms with E-state index in [1.807, 2.05) is 38.1 Å². The lowest BCUT2D eigenvalue weighted by molar-refractivity contribution is 0.0869. The van der Waals surface area contributed by atoms with Gasteiger partial charge in [-0.2, -0.15) is 0 Å². The van der Waals surface area contributed by atoms with Crippen LogP contribution in [0.25, 0.3) is 0 Å². The van der Waals surface area contributed by atoms with Crippen LogP contribution in [0, 0.1) is 17.8 Å². The van der Waals surface area contributed by atoms with E-state index >= 15 is 0 Å². The Labute approximate surface area is 115 Å². The van der Waals surface area contributed by atoms with Crippen LogP contribution in [0.1, 0.15) is 49.9 Å². The number of hydrogen-bond donors (Lipinski definition) is 0. The van der Waals surface area contributed by atoms with Crippen LogP contribution in [-0.2, 0) is 0 Å². The Kier molecular flexibility index (Phi) is 3.34. The number of carbonyl (C=O) groups is 1. The number of rotatable bonds is 4. The predicted octanol–water partition coefficient (Wildman–Crippen LogP) is 4.09. The molecule has 2 aliphatic carbocycles. The molecule has 102 valence electrons. The summed E-state index contributed by atoms with van der Waals surface area (Å²) in [5.74, 6) is 2.74. The minimum absolute atomic E-state index is 0.106. The van der Waals surface area contributed by atoms with Crippen molar-refractivity contribution in [3.05, 3.63) is 29.8 Å². The number of para-hydroxylation sites is 1. The van der Waals surface area contributed by atoms with Crippen molar-refractivity contribution in [3.8, 4) is 5.75 Å². The number of hydrogen-bond acceptors (Lipinski definition) is 2. The second kappa shape index (κ2) is 4.99. The van der Waals surface area contributed by atoms with Gasteiger partial charge in [0.05, 0.1) is 11.7 Å². The van der Waals surface area contributed by atoms with Crippen molar-refractivity contribution in [2.75, 3.05) is 0 Å². The van der Waals surface area contributed by atoms with Crippen LogP contribution in [0.15, 0.2) is 24.3 Å². The van der Waals surface area contributed by atoms with Gasteiger partial charge in [-0.25, -0.2) is 0 Å². The third-order valence-electron chi connectivity index (χ3n) is 4.59. The molecule has 2 saturated carbocycles. The number of Topliss-reactive ketones (excluding diaryl/α,β-unsaturated/α-hetero) is 1. The molecule has 0 spiro atoms. The zero-order chi connectivity index (χ0) is 13.4. The summed E-state index contributed by atoms with van der Waals surface area (Å²) < 4.78 is 5.79. The number of benzene rings is 1. The highest BCUT2D eigenvalue weighted by atomic mass is 16.5. The first-order valence-corrected chi connectivity index (χ1v) is 7.45. The summed E-state index contributed by atoms with van der Waals surface area (Å²) >= 11 is 0. The molecule has 3 rings (SSSR count). The van der Waals surface area contributed by atoms with E-state index in [0.29, 0.717) is 11.7 Å². The molecule has 3 unspecified atom stereocenters. The maximum Gasteiger partial charge on any atom is 0.169 e. The SMILES string of the molecule is CC(C)Oc1ccccc1C(=O)C1CC2CCC1C2.